The number of nitrogens with zero attached hydrogens (tertiary/aromatic N) is 5. The molecule has 1 saturated heterocycles. The molecule has 9 heteroatoms. The average Bonchev–Trinajstić information content (AvgIpc) is 3.34. The smallest absolute Gasteiger partial charge is 0.237 e. The zero-order chi connectivity index (χ0) is 21.3. The van der Waals surface area contributed by atoms with Crippen LogP contribution in [0.1, 0.15) is 0 Å². The van der Waals surface area contributed by atoms with Crippen LogP contribution in [-0.4, -0.2) is 58.8 Å². The Morgan fingerprint density at radius 2 is 1.91 bits per heavy atom. The highest BCUT2D eigenvalue weighted by Gasteiger charge is 2.15. The van der Waals surface area contributed by atoms with E-state index in [0.717, 1.165) is 61.1 Å². The Labute approximate surface area is 185 Å². The van der Waals surface area contributed by atoms with E-state index in [-0.39, 0.29) is 0 Å². The summed E-state index contributed by atoms with van der Waals surface area (Å²) in [4.78, 5) is 16.1. The summed E-state index contributed by atoms with van der Waals surface area (Å²) in [6.07, 6.45) is 7.44. The Hall–Kier alpha value is -3.85. The summed E-state index contributed by atoms with van der Waals surface area (Å²) in [6.45, 7) is 4.76. The zero-order valence-electron chi connectivity index (χ0n) is 17.5. The van der Waals surface area contributed by atoms with Crippen molar-refractivity contribution in [1.82, 2.24) is 19.4 Å². The van der Waals surface area contributed by atoms with Gasteiger partial charge in [0.2, 0.25) is 5.88 Å². The Balaban J connectivity index is 1.31. The highest BCUT2D eigenvalue weighted by Crippen LogP contribution is 2.31. The molecule has 0 aliphatic carbocycles. The van der Waals surface area contributed by atoms with Crippen LogP contribution >= 0.6 is 0 Å². The summed E-state index contributed by atoms with van der Waals surface area (Å²) in [5, 5.41) is 6.77. The number of morpholine rings is 1. The van der Waals surface area contributed by atoms with Crippen molar-refractivity contribution in [1.29, 1.82) is 0 Å². The molecule has 4 aromatic rings. The standard InChI is InChI=1S/C23H23N7O2/c1-3-18(29-8-11-31-12-9-29)4-2-17(1)27-21-22-25-5-7-30(22)15-20(28-21)16-13-19-23(26-14-16)32-10-6-24-19/h1-5,7,13-15,24H,6,8-12H2,(H,27,28). The lowest BCUT2D eigenvalue weighted by Gasteiger charge is -2.28. The molecular weight excluding hydrogens is 406 g/mol. The van der Waals surface area contributed by atoms with Crippen LogP contribution in [0, 0.1) is 0 Å². The number of nitrogens with one attached hydrogen (secondary N) is 2. The summed E-state index contributed by atoms with van der Waals surface area (Å²) < 4.78 is 13.0. The van der Waals surface area contributed by atoms with E-state index in [1.54, 1.807) is 12.4 Å². The first-order chi connectivity index (χ1) is 15.8. The summed E-state index contributed by atoms with van der Waals surface area (Å²) >= 11 is 0. The minimum absolute atomic E-state index is 0.622. The number of fused-ring (bicyclic) bond motifs is 2. The van der Waals surface area contributed by atoms with Crippen molar-refractivity contribution < 1.29 is 9.47 Å². The van der Waals surface area contributed by atoms with E-state index in [2.05, 4.69) is 49.8 Å². The number of ether oxygens (including phenoxy) is 2. The van der Waals surface area contributed by atoms with Gasteiger partial charge in [0, 0.05) is 61.4 Å². The molecule has 162 valence electrons. The number of hydrogen-bond donors (Lipinski definition) is 2. The molecule has 6 rings (SSSR count). The Bertz CT molecular complexity index is 1250. The van der Waals surface area contributed by atoms with Crippen LogP contribution in [0.2, 0.25) is 0 Å². The van der Waals surface area contributed by atoms with Crippen LogP contribution in [0.5, 0.6) is 5.88 Å². The maximum atomic E-state index is 5.60. The van der Waals surface area contributed by atoms with Crippen molar-refractivity contribution in [2.45, 2.75) is 0 Å². The molecule has 0 spiro atoms. The molecule has 1 aromatic carbocycles. The van der Waals surface area contributed by atoms with E-state index in [1.807, 2.05) is 22.9 Å². The first kappa shape index (κ1) is 18.9. The van der Waals surface area contributed by atoms with Gasteiger partial charge in [-0.2, -0.15) is 0 Å². The largest absolute Gasteiger partial charge is 0.474 e. The molecule has 0 saturated carbocycles. The Morgan fingerprint density at radius 1 is 1.03 bits per heavy atom. The molecule has 0 atom stereocenters. The van der Waals surface area contributed by atoms with Gasteiger partial charge in [-0.3, -0.25) is 0 Å². The van der Waals surface area contributed by atoms with Gasteiger partial charge in [-0.25, -0.2) is 15.0 Å². The van der Waals surface area contributed by atoms with Gasteiger partial charge in [0.15, 0.2) is 11.5 Å². The number of imidazole rings is 1. The van der Waals surface area contributed by atoms with Gasteiger partial charge < -0.3 is 29.4 Å². The maximum absolute atomic E-state index is 5.60. The molecule has 2 N–H and O–H groups in total. The minimum Gasteiger partial charge on any atom is -0.474 e. The second-order valence-corrected chi connectivity index (χ2v) is 7.76. The third kappa shape index (κ3) is 3.56. The van der Waals surface area contributed by atoms with Crippen LogP contribution in [0.15, 0.2) is 55.1 Å². The number of pyridine rings is 1. The summed E-state index contributed by atoms with van der Waals surface area (Å²) in [5.41, 5.74) is 5.50. The van der Waals surface area contributed by atoms with Gasteiger partial charge in [-0.1, -0.05) is 0 Å². The molecule has 5 heterocycles. The fourth-order valence-corrected chi connectivity index (χ4v) is 4.04. The van der Waals surface area contributed by atoms with E-state index in [1.165, 1.54) is 5.69 Å². The Kier molecular flexibility index (Phi) is 4.73. The van der Waals surface area contributed by atoms with E-state index in [0.29, 0.717) is 18.3 Å². The number of aromatic nitrogens is 4. The molecule has 2 aliphatic heterocycles. The topological polar surface area (TPSA) is 88.8 Å². The number of hydrogen-bond acceptors (Lipinski definition) is 8. The van der Waals surface area contributed by atoms with Crippen molar-refractivity contribution in [2.24, 2.45) is 0 Å². The molecule has 1 fully saturated rings. The maximum Gasteiger partial charge on any atom is 0.237 e. The van der Waals surface area contributed by atoms with E-state index < -0.39 is 0 Å². The van der Waals surface area contributed by atoms with Gasteiger partial charge >= 0.3 is 0 Å². The zero-order valence-corrected chi connectivity index (χ0v) is 17.5. The van der Waals surface area contributed by atoms with Crippen molar-refractivity contribution in [3.05, 3.63) is 55.1 Å². The number of rotatable bonds is 4. The molecular formula is C23H23N7O2. The second kappa shape index (κ2) is 8.01. The highest BCUT2D eigenvalue weighted by atomic mass is 16.5. The summed E-state index contributed by atoms with van der Waals surface area (Å²) in [7, 11) is 0. The van der Waals surface area contributed by atoms with Crippen molar-refractivity contribution in [3.8, 4) is 17.1 Å². The molecule has 0 bridgehead atoms. The normalized spacial score (nSPS) is 15.7. The van der Waals surface area contributed by atoms with Gasteiger partial charge in [0.25, 0.3) is 0 Å². The predicted molar refractivity (Wildman–Crippen MR) is 123 cm³/mol. The third-order valence-electron chi connectivity index (χ3n) is 5.68. The van der Waals surface area contributed by atoms with E-state index in [9.17, 15) is 0 Å². The minimum atomic E-state index is 0.622. The van der Waals surface area contributed by atoms with Crippen molar-refractivity contribution >= 4 is 28.5 Å². The molecule has 9 nitrogen and oxygen atoms in total. The monoisotopic (exact) mass is 429 g/mol. The number of anilines is 4. The fourth-order valence-electron chi connectivity index (χ4n) is 4.04. The molecule has 3 aromatic heterocycles. The quantitative estimate of drug-likeness (QED) is 0.511. The van der Waals surface area contributed by atoms with Gasteiger partial charge in [0.05, 0.1) is 24.6 Å². The lowest BCUT2D eigenvalue weighted by molar-refractivity contribution is 0.122. The summed E-state index contributed by atoms with van der Waals surface area (Å²) in [6, 6.07) is 10.4. The van der Waals surface area contributed by atoms with Crippen LogP contribution in [0.4, 0.5) is 22.9 Å². The average molecular weight is 429 g/mol. The van der Waals surface area contributed by atoms with Crippen LogP contribution < -0.4 is 20.3 Å². The molecule has 32 heavy (non-hydrogen) atoms. The van der Waals surface area contributed by atoms with E-state index in [4.69, 9.17) is 14.5 Å². The highest BCUT2D eigenvalue weighted by molar-refractivity contribution is 5.75. The Morgan fingerprint density at radius 3 is 2.78 bits per heavy atom. The lowest BCUT2D eigenvalue weighted by Crippen LogP contribution is -2.36. The van der Waals surface area contributed by atoms with Gasteiger partial charge in [0.1, 0.15) is 6.61 Å². The fraction of sp³-hybridized carbons (Fsp3) is 0.261. The first-order valence-electron chi connectivity index (χ1n) is 10.7. The van der Waals surface area contributed by atoms with Crippen molar-refractivity contribution in [2.75, 3.05) is 55.0 Å². The van der Waals surface area contributed by atoms with Crippen LogP contribution in [0.25, 0.3) is 16.9 Å². The third-order valence-corrected chi connectivity index (χ3v) is 5.68. The second-order valence-electron chi connectivity index (χ2n) is 7.76. The molecule has 0 unspecified atom stereocenters. The van der Waals surface area contributed by atoms with Crippen molar-refractivity contribution in [3.63, 3.8) is 0 Å². The summed E-state index contributed by atoms with van der Waals surface area (Å²) in [5.74, 6) is 1.32. The SMILES string of the molecule is c1cn2cc(-c3cnc4c(c3)NCCO4)nc(Nc3ccc(N4CCOCC4)cc3)c2n1. The van der Waals surface area contributed by atoms with E-state index >= 15 is 0 Å². The van der Waals surface area contributed by atoms with Gasteiger partial charge in [-0.05, 0) is 30.3 Å². The first-order valence-corrected chi connectivity index (χ1v) is 10.7. The molecule has 2 aliphatic rings. The van der Waals surface area contributed by atoms with Crippen LogP contribution in [-0.2, 0) is 4.74 Å². The molecule has 0 amide bonds. The van der Waals surface area contributed by atoms with Crippen LogP contribution in [0.3, 0.4) is 0 Å². The van der Waals surface area contributed by atoms with Gasteiger partial charge in [-0.15, -0.1) is 0 Å². The number of benzene rings is 1. The predicted octanol–water partition coefficient (Wildman–Crippen LogP) is 3.18. The molecule has 0 radical (unpaired) electrons. The lowest BCUT2D eigenvalue weighted by atomic mass is 10.2.